The zero-order valence-electron chi connectivity index (χ0n) is 31.4. The lowest BCUT2D eigenvalue weighted by Crippen LogP contribution is -2.50. The molecule has 17 heteroatoms. The summed E-state index contributed by atoms with van der Waals surface area (Å²) < 4.78 is 23.1. The van der Waals surface area contributed by atoms with Crippen molar-refractivity contribution in [3.05, 3.63) is 70.8 Å². The number of hydrogen-bond acceptors (Lipinski definition) is 10. The van der Waals surface area contributed by atoms with Gasteiger partial charge in [-0.1, -0.05) is 11.6 Å². The molecule has 14 nitrogen and oxygen atoms in total. The van der Waals surface area contributed by atoms with Gasteiger partial charge in [-0.05, 0) is 93.7 Å². The molecule has 57 heavy (non-hydrogen) atoms. The van der Waals surface area contributed by atoms with Crippen LogP contribution < -0.4 is 25.2 Å². The lowest BCUT2D eigenvalue weighted by molar-refractivity contribution is -0.120. The van der Waals surface area contributed by atoms with E-state index >= 15 is 4.39 Å². The van der Waals surface area contributed by atoms with Crippen LogP contribution in [0.5, 0.6) is 5.75 Å². The number of carbonyl (C=O) groups is 3. The molecule has 8 rings (SSSR count). The van der Waals surface area contributed by atoms with Crippen molar-refractivity contribution in [1.29, 1.82) is 5.26 Å². The molecule has 4 amide bonds. The topological polar surface area (TPSA) is 162 Å². The van der Waals surface area contributed by atoms with E-state index in [9.17, 15) is 14.4 Å². The van der Waals surface area contributed by atoms with Gasteiger partial charge in [0, 0.05) is 63.2 Å². The van der Waals surface area contributed by atoms with Crippen LogP contribution in [0, 0.1) is 23.1 Å². The number of fused-ring (bicyclic) bond motifs is 1. The first-order valence-electron chi connectivity index (χ1n) is 19.5. The number of likely N-dealkylation sites (tertiary alicyclic amines) is 1. The highest BCUT2D eigenvalue weighted by Gasteiger charge is 2.31. The molecule has 4 aliphatic rings. The summed E-state index contributed by atoms with van der Waals surface area (Å²) in [6, 6.07) is 13.5. The third-order valence-corrected chi connectivity index (χ3v) is 12.0. The molecule has 2 N–H and O–H groups in total. The number of ether oxygens (including phenoxy) is 1. The van der Waals surface area contributed by atoms with Gasteiger partial charge < -0.3 is 19.9 Å². The van der Waals surface area contributed by atoms with Gasteiger partial charge in [-0.3, -0.25) is 24.5 Å². The lowest BCUT2D eigenvalue weighted by atomic mass is 9.92. The van der Waals surface area contributed by atoms with Gasteiger partial charge in [0.15, 0.2) is 11.5 Å². The van der Waals surface area contributed by atoms with E-state index in [1.54, 1.807) is 36.5 Å². The first kappa shape index (κ1) is 40.2. The summed E-state index contributed by atoms with van der Waals surface area (Å²) >= 11 is 6.14. The van der Waals surface area contributed by atoms with Crippen molar-refractivity contribution in [2.45, 2.75) is 76.0 Å². The van der Waals surface area contributed by atoms with Gasteiger partial charge in [-0.15, -0.1) is 22.6 Å². The second-order valence-electron chi connectivity index (χ2n) is 15.2. The zero-order chi connectivity index (χ0) is 38.8. The average Bonchev–Trinajstić information content (AvgIpc) is 3.64. The number of benzene rings is 2. The number of urea groups is 1. The molecule has 1 aliphatic carbocycles. The minimum absolute atomic E-state index is 0. The van der Waals surface area contributed by atoms with E-state index in [0.717, 1.165) is 95.4 Å². The molecule has 0 atom stereocenters. The van der Waals surface area contributed by atoms with Crippen LogP contribution in [0.15, 0.2) is 48.7 Å². The largest absolute Gasteiger partial charge is 0.490 e. The summed E-state index contributed by atoms with van der Waals surface area (Å²) in [7, 11) is 0. The van der Waals surface area contributed by atoms with E-state index in [1.807, 2.05) is 10.7 Å². The van der Waals surface area contributed by atoms with Gasteiger partial charge in [0.1, 0.15) is 17.6 Å². The van der Waals surface area contributed by atoms with Crippen LogP contribution in [0.4, 0.5) is 20.7 Å². The van der Waals surface area contributed by atoms with Gasteiger partial charge in [0.05, 0.1) is 40.1 Å². The second-order valence-corrected chi connectivity index (χ2v) is 15.6. The van der Waals surface area contributed by atoms with Crippen LogP contribution in [0.25, 0.3) is 10.9 Å². The number of hydrogen-bond donors (Lipinski definition) is 2. The number of nitrogens with zero attached hydrogens (tertiary/aromatic N) is 8. The van der Waals surface area contributed by atoms with Gasteiger partial charge in [0.2, 0.25) is 5.91 Å². The van der Waals surface area contributed by atoms with Crippen LogP contribution in [0.3, 0.4) is 0 Å². The van der Waals surface area contributed by atoms with Crippen LogP contribution >= 0.6 is 24.0 Å². The van der Waals surface area contributed by atoms with Crippen molar-refractivity contribution in [3.8, 4) is 11.8 Å². The Hall–Kier alpha value is -5.04. The summed E-state index contributed by atoms with van der Waals surface area (Å²) in [5, 5.41) is 28.8. The Morgan fingerprint density at radius 1 is 0.965 bits per heavy atom. The van der Waals surface area contributed by atoms with Crippen LogP contribution in [0.1, 0.15) is 79.9 Å². The normalized spacial score (nSPS) is 21.1. The van der Waals surface area contributed by atoms with Crippen LogP contribution in [-0.2, 0) is 4.79 Å². The predicted molar refractivity (Wildman–Crippen MR) is 214 cm³/mol. The number of anilines is 2. The standard InChI is InChI=1S/C40H44ClFN10O4.ClH/c41-32-21-30(4-1-26(32)22-43)56-29-5-2-27(3-6-29)45-39(54)34-8-10-36(48-47-34)50-18-11-25(12-19-50)24-49-16-13-28(14-17-49)52-35-9-7-33(42)38(31(35)23-44-52)51-20-15-37(53)46-40(51)55;/h1,4,7-10,21,23,25,27-29H,2-3,5-6,11-20,24H2,(H,45,54)(H,46,53,55);1H. The number of rotatable bonds is 9. The van der Waals surface area contributed by atoms with Gasteiger partial charge in [-0.25, -0.2) is 9.18 Å². The quantitative estimate of drug-likeness (QED) is 0.204. The van der Waals surface area contributed by atoms with E-state index < -0.39 is 11.8 Å². The number of carbonyl (C=O) groups excluding carboxylic acids is 3. The summed E-state index contributed by atoms with van der Waals surface area (Å²) in [6.07, 6.45) is 8.86. The van der Waals surface area contributed by atoms with Crippen molar-refractivity contribution >= 4 is 64.3 Å². The highest BCUT2D eigenvalue weighted by atomic mass is 35.5. The summed E-state index contributed by atoms with van der Waals surface area (Å²) in [5.41, 5.74) is 1.67. The first-order valence-corrected chi connectivity index (χ1v) is 19.9. The molecular weight excluding hydrogens is 774 g/mol. The Balaban J connectivity index is 0.00000496. The number of nitriles is 1. The lowest BCUT2D eigenvalue weighted by Gasteiger charge is -2.38. The fourth-order valence-electron chi connectivity index (χ4n) is 8.53. The van der Waals surface area contributed by atoms with Gasteiger partial charge in [0.25, 0.3) is 5.91 Å². The number of imide groups is 1. The van der Waals surface area contributed by atoms with Crippen molar-refractivity contribution in [3.63, 3.8) is 0 Å². The molecule has 300 valence electrons. The first-order chi connectivity index (χ1) is 27.2. The number of halogens is 3. The maximum absolute atomic E-state index is 15.0. The molecule has 4 fully saturated rings. The maximum atomic E-state index is 15.0. The molecule has 0 unspecified atom stereocenters. The van der Waals surface area contributed by atoms with Crippen molar-refractivity contribution in [1.82, 2.24) is 35.5 Å². The minimum Gasteiger partial charge on any atom is -0.490 e. The maximum Gasteiger partial charge on any atom is 0.328 e. The van der Waals surface area contributed by atoms with Crippen molar-refractivity contribution in [2.75, 3.05) is 49.1 Å². The molecule has 2 aromatic carbocycles. The minimum atomic E-state index is -0.614. The highest BCUT2D eigenvalue weighted by Crippen LogP contribution is 2.35. The molecule has 1 saturated carbocycles. The summed E-state index contributed by atoms with van der Waals surface area (Å²) in [6.45, 7) is 4.79. The fraction of sp³-hybridized carbons (Fsp3) is 0.475. The molecule has 0 radical (unpaired) electrons. The summed E-state index contributed by atoms with van der Waals surface area (Å²) in [5.74, 6) is 0.900. The molecule has 0 spiro atoms. The number of aromatic nitrogens is 4. The smallest absolute Gasteiger partial charge is 0.328 e. The highest BCUT2D eigenvalue weighted by molar-refractivity contribution is 6.31. The average molecular weight is 820 g/mol. The molecule has 5 heterocycles. The third-order valence-electron chi connectivity index (χ3n) is 11.6. The van der Waals surface area contributed by atoms with Gasteiger partial charge in [-0.2, -0.15) is 10.4 Å². The van der Waals surface area contributed by atoms with E-state index in [4.69, 9.17) is 21.6 Å². The van der Waals surface area contributed by atoms with Crippen LogP contribution in [-0.4, -0.2) is 94.1 Å². The van der Waals surface area contributed by atoms with E-state index in [1.165, 1.54) is 11.0 Å². The van der Waals surface area contributed by atoms with E-state index in [2.05, 4.69) is 41.8 Å². The van der Waals surface area contributed by atoms with Crippen LogP contribution in [0.2, 0.25) is 5.02 Å². The molecule has 0 bridgehead atoms. The monoisotopic (exact) mass is 818 g/mol. The van der Waals surface area contributed by atoms with Crippen molar-refractivity contribution < 1.29 is 23.5 Å². The molecule has 3 saturated heterocycles. The Bertz CT molecular complexity index is 2140. The van der Waals surface area contributed by atoms with Gasteiger partial charge >= 0.3 is 6.03 Å². The van der Waals surface area contributed by atoms with E-state index in [0.29, 0.717) is 33.3 Å². The SMILES string of the molecule is Cl.N#Cc1ccc(OC2CCC(NC(=O)c3ccc(N4CCC(CN5CCC(n6ncc7c(N8CCC(=O)NC8=O)c(F)ccc76)CC5)CC4)nn3)CC2)cc1Cl. The Morgan fingerprint density at radius 3 is 2.42 bits per heavy atom. The predicted octanol–water partition coefficient (Wildman–Crippen LogP) is 6.03. The Morgan fingerprint density at radius 2 is 1.74 bits per heavy atom. The molecule has 4 aromatic rings. The fourth-order valence-corrected chi connectivity index (χ4v) is 8.74. The Labute approximate surface area is 341 Å². The molecule has 3 aliphatic heterocycles. The number of piperidine rings is 2. The summed E-state index contributed by atoms with van der Waals surface area (Å²) in [4.78, 5) is 43.2. The Kier molecular flexibility index (Phi) is 12.4. The third kappa shape index (κ3) is 8.93. The van der Waals surface area contributed by atoms with E-state index in [-0.39, 0.29) is 61.1 Å². The second kappa shape index (κ2) is 17.6. The number of amides is 4. The number of nitrogens with one attached hydrogen (secondary N) is 2. The molecular formula is C40H45Cl2FN10O4. The zero-order valence-corrected chi connectivity index (χ0v) is 33.0. The molecule has 2 aromatic heterocycles. The van der Waals surface area contributed by atoms with Crippen molar-refractivity contribution in [2.24, 2.45) is 5.92 Å².